The van der Waals surface area contributed by atoms with Crippen LogP contribution >= 0.6 is 0 Å². The van der Waals surface area contributed by atoms with Gasteiger partial charge in [0.05, 0.1) is 10.5 Å². The van der Waals surface area contributed by atoms with Crippen LogP contribution in [0.4, 0.5) is 15.8 Å². The molecule has 1 amide bonds. The van der Waals surface area contributed by atoms with Gasteiger partial charge in [0.25, 0.3) is 5.91 Å². The van der Waals surface area contributed by atoms with E-state index in [9.17, 15) is 17.6 Å². The third-order valence-electron chi connectivity index (χ3n) is 5.12. The highest BCUT2D eigenvalue weighted by Gasteiger charge is 2.24. The Kier molecular flexibility index (Phi) is 6.24. The van der Waals surface area contributed by atoms with Crippen molar-refractivity contribution in [3.8, 4) is 0 Å². The van der Waals surface area contributed by atoms with Gasteiger partial charge in [-0.2, -0.15) is 0 Å². The number of rotatable bonds is 5. The van der Waals surface area contributed by atoms with Gasteiger partial charge in [0, 0.05) is 38.6 Å². The third kappa shape index (κ3) is 4.59. The summed E-state index contributed by atoms with van der Waals surface area (Å²) in [5, 5.41) is 2.80. The number of sulfonamides is 1. The maximum Gasteiger partial charge on any atom is 0.257 e. The molecule has 1 N–H and O–H groups in total. The summed E-state index contributed by atoms with van der Waals surface area (Å²) in [4.78, 5) is 15.3. The SMILES string of the molecule is Cc1cc(F)ccc1NC(=O)c1cc(S(=O)(=O)N(C)C)ccc1N1CCCCC1. The second-order valence-corrected chi connectivity index (χ2v) is 9.58. The van der Waals surface area contributed by atoms with Crippen LogP contribution in [0.3, 0.4) is 0 Å². The molecule has 1 aliphatic rings. The van der Waals surface area contributed by atoms with Gasteiger partial charge in [-0.1, -0.05) is 0 Å². The lowest BCUT2D eigenvalue weighted by Gasteiger charge is -2.30. The summed E-state index contributed by atoms with van der Waals surface area (Å²) in [5.74, 6) is -0.801. The van der Waals surface area contributed by atoms with Gasteiger partial charge < -0.3 is 10.2 Å². The molecule has 0 unspecified atom stereocenters. The molecule has 0 saturated carbocycles. The molecule has 1 fully saturated rings. The fourth-order valence-electron chi connectivity index (χ4n) is 3.44. The van der Waals surface area contributed by atoms with E-state index >= 15 is 0 Å². The Balaban J connectivity index is 2.03. The lowest BCUT2D eigenvalue weighted by atomic mass is 10.1. The third-order valence-corrected chi connectivity index (χ3v) is 6.94. The van der Waals surface area contributed by atoms with E-state index in [0.29, 0.717) is 22.5 Å². The van der Waals surface area contributed by atoms with E-state index in [1.54, 1.807) is 19.1 Å². The molecule has 0 atom stereocenters. The smallest absolute Gasteiger partial charge is 0.257 e. The molecule has 0 aliphatic carbocycles. The number of anilines is 2. The van der Waals surface area contributed by atoms with Crippen molar-refractivity contribution in [3.63, 3.8) is 0 Å². The molecular weight excluding hydrogens is 393 g/mol. The molecule has 2 aromatic rings. The van der Waals surface area contributed by atoms with Gasteiger partial charge in [0.2, 0.25) is 10.0 Å². The van der Waals surface area contributed by atoms with Crippen molar-refractivity contribution in [1.29, 1.82) is 0 Å². The molecule has 3 rings (SSSR count). The molecule has 6 nitrogen and oxygen atoms in total. The second-order valence-electron chi connectivity index (χ2n) is 7.43. The summed E-state index contributed by atoms with van der Waals surface area (Å²) < 4.78 is 39.7. The van der Waals surface area contributed by atoms with E-state index in [0.717, 1.165) is 36.7 Å². The Morgan fingerprint density at radius 2 is 1.76 bits per heavy atom. The lowest BCUT2D eigenvalue weighted by molar-refractivity contribution is 0.102. The van der Waals surface area contributed by atoms with Crippen LogP contribution in [0.1, 0.15) is 35.2 Å². The number of carbonyl (C=O) groups excluding carboxylic acids is 1. The molecule has 1 saturated heterocycles. The quantitative estimate of drug-likeness (QED) is 0.804. The second kappa shape index (κ2) is 8.51. The first-order valence-corrected chi connectivity index (χ1v) is 11.0. The molecule has 156 valence electrons. The van der Waals surface area contributed by atoms with Crippen molar-refractivity contribution < 1.29 is 17.6 Å². The van der Waals surface area contributed by atoms with Crippen LogP contribution in [0, 0.1) is 12.7 Å². The number of carbonyl (C=O) groups is 1. The van der Waals surface area contributed by atoms with Crippen LogP contribution < -0.4 is 10.2 Å². The Morgan fingerprint density at radius 3 is 2.38 bits per heavy atom. The number of piperidine rings is 1. The Morgan fingerprint density at radius 1 is 1.07 bits per heavy atom. The number of hydrogen-bond donors (Lipinski definition) is 1. The van der Waals surface area contributed by atoms with Gasteiger partial charge in [-0.15, -0.1) is 0 Å². The normalized spacial score (nSPS) is 14.9. The first-order valence-electron chi connectivity index (χ1n) is 9.59. The molecule has 2 aromatic carbocycles. The van der Waals surface area contributed by atoms with Crippen LogP contribution in [-0.4, -0.2) is 45.8 Å². The standard InChI is InChI=1S/C21H26FN3O3S/c1-15-13-16(22)7-9-19(15)23-21(26)18-14-17(29(27,28)24(2)3)8-10-20(18)25-11-5-4-6-12-25/h7-10,13-14H,4-6,11-12H2,1-3H3,(H,23,26). The minimum Gasteiger partial charge on any atom is -0.371 e. The van der Waals surface area contributed by atoms with Crippen molar-refractivity contribution in [1.82, 2.24) is 4.31 Å². The van der Waals surface area contributed by atoms with Gasteiger partial charge in [0.1, 0.15) is 5.82 Å². The number of nitrogens with zero attached hydrogens (tertiary/aromatic N) is 2. The first kappa shape index (κ1) is 21.3. The van der Waals surface area contributed by atoms with Crippen molar-refractivity contribution >= 4 is 27.3 Å². The van der Waals surface area contributed by atoms with E-state index in [2.05, 4.69) is 10.2 Å². The monoisotopic (exact) mass is 419 g/mol. The number of aryl methyl sites for hydroxylation is 1. The number of halogens is 1. The van der Waals surface area contributed by atoms with Crippen LogP contribution in [0.5, 0.6) is 0 Å². The topological polar surface area (TPSA) is 69.7 Å². The predicted octanol–water partition coefficient (Wildman–Crippen LogP) is 3.63. The van der Waals surface area contributed by atoms with E-state index in [4.69, 9.17) is 0 Å². The zero-order valence-electron chi connectivity index (χ0n) is 16.9. The van der Waals surface area contributed by atoms with Crippen LogP contribution in [0.2, 0.25) is 0 Å². The molecule has 0 radical (unpaired) electrons. The highest BCUT2D eigenvalue weighted by atomic mass is 32.2. The fraction of sp³-hybridized carbons (Fsp3) is 0.381. The van der Waals surface area contributed by atoms with E-state index in [1.807, 2.05) is 0 Å². The maximum atomic E-state index is 13.4. The minimum atomic E-state index is -3.68. The Hall–Kier alpha value is -2.45. The molecule has 0 spiro atoms. The van der Waals surface area contributed by atoms with Gasteiger partial charge in [-0.25, -0.2) is 17.1 Å². The zero-order chi connectivity index (χ0) is 21.2. The van der Waals surface area contributed by atoms with Crippen LogP contribution in [-0.2, 0) is 10.0 Å². The van der Waals surface area contributed by atoms with E-state index in [-0.39, 0.29) is 10.7 Å². The number of benzene rings is 2. The van der Waals surface area contributed by atoms with Gasteiger partial charge >= 0.3 is 0 Å². The largest absolute Gasteiger partial charge is 0.371 e. The zero-order valence-corrected chi connectivity index (χ0v) is 17.7. The number of hydrogen-bond acceptors (Lipinski definition) is 4. The number of amides is 1. The van der Waals surface area contributed by atoms with Crippen LogP contribution in [0.25, 0.3) is 0 Å². The predicted molar refractivity (Wildman–Crippen MR) is 112 cm³/mol. The summed E-state index contributed by atoms with van der Waals surface area (Å²) in [7, 11) is -0.774. The van der Waals surface area contributed by atoms with Crippen molar-refractivity contribution in [2.45, 2.75) is 31.1 Å². The maximum absolute atomic E-state index is 13.4. The highest BCUT2D eigenvalue weighted by molar-refractivity contribution is 7.89. The van der Waals surface area contributed by atoms with E-state index < -0.39 is 15.9 Å². The van der Waals surface area contributed by atoms with Gasteiger partial charge in [0.15, 0.2) is 0 Å². The molecule has 1 aliphatic heterocycles. The van der Waals surface area contributed by atoms with Crippen molar-refractivity contribution in [2.75, 3.05) is 37.4 Å². The summed E-state index contributed by atoms with van der Waals surface area (Å²) in [5.41, 5.74) is 2.08. The summed E-state index contributed by atoms with van der Waals surface area (Å²) in [6.45, 7) is 3.34. The molecule has 1 heterocycles. The first-order chi connectivity index (χ1) is 13.7. The average Bonchev–Trinajstić information content (AvgIpc) is 2.70. The fourth-order valence-corrected chi connectivity index (χ4v) is 4.36. The molecular formula is C21H26FN3O3S. The highest BCUT2D eigenvalue weighted by Crippen LogP contribution is 2.29. The van der Waals surface area contributed by atoms with Gasteiger partial charge in [-0.05, 0) is 68.1 Å². The average molecular weight is 420 g/mol. The molecule has 0 bridgehead atoms. The van der Waals surface area contributed by atoms with Gasteiger partial charge in [-0.3, -0.25) is 4.79 Å². The molecule has 8 heteroatoms. The Bertz CT molecular complexity index is 1020. The lowest BCUT2D eigenvalue weighted by Crippen LogP contribution is -2.32. The summed E-state index contributed by atoms with van der Waals surface area (Å²) in [6, 6.07) is 8.79. The molecule has 29 heavy (non-hydrogen) atoms. The Labute approximate surface area is 171 Å². The van der Waals surface area contributed by atoms with Crippen molar-refractivity contribution in [3.05, 3.63) is 53.3 Å². The number of nitrogens with one attached hydrogen (secondary N) is 1. The summed E-state index contributed by atoms with van der Waals surface area (Å²) >= 11 is 0. The van der Waals surface area contributed by atoms with E-state index in [1.165, 1.54) is 38.4 Å². The van der Waals surface area contributed by atoms with Crippen LogP contribution in [0.15, 0.2) is 41.3 Å². The molecule has 0 aromatic heterocycles. The van der Waals surface area contributed by atoms with Crippen molar-refractivity contribution in [2.24, 2.45) is 0 Å². The minimum absolute atomic E-state index is 0.0595. The summed E-state index contributed by atoms with van der Waals surface area (Å²) in [6.07, 6.45) is 3.19.